The van der Waals surface area contributed by atoms with Crippen molar-refractivity contribution in [3.63, 3.8) is 0 Å². The molecule has 1 saturated carbocycles. The number of benzene rings is 2. The Morgan fingerprint density at radius 3 is 2.28 bits per heavy atom. The minimum absolute atomic E-state index is 0. The Hall–Kier alpha value is -1.42. The van der Waals surface area contributed by atoms with E-state index in [4.69, 9.17) is 21.1 Å². The van der Waals surface area contributed by atoms with Crippen molar-refractivity contribution >= 4 is 24.0 Å². The minimum Gasteiger partial charge on any atom is -0.493 e. The number of rotatable bonds is 7. The monoisotopic (exact) mass is 437 g/mol. The fourth-order valence-corrected chi connectivity index (χ4v) is 4.07. The van der Waals surface area contributed by atoms with E-state index in [9.17, 15) is 0 Å². The molecule has 1 aliphatic carbocycles. The van der Waals surface area contributed by atoms with Gasteiger partial charge in [0.2, 0.25) is 0 Å². The second kappa shape index (κ2) is 12.3. The summed E-state index contributed by atoms with van der Waals surface area (Å²) in [4.78, 5) is 0. The van der Waals surface area contributed by atoms with Crippen molar-refractivity contribution in [2.75, 3.05) is 7.11 Å². The molecule has 0 unspecified atom stereocenters. The Kier molecular flexibility index (Phi) is 10.1. The fraction of sp³-hybridized carbons (Fsp3) is 0.500. The molecular formula is C24H33Cl2NO2. The molecule has 1 N–H and O–H groups in total. The van der Waals surface area contributed by atoms with Crippen molar-refractivity contribution in [1.82, 2.24) is 5.32 Å². The maximum atomic E-state index is 6.54. The lowest BCUT2D eigenvalue weighted by Crippen LogP contribution is -2.29. The van der Waals surface area contributed by atoms with E-state index < -0.39 is 0 Å². The van der Waals surface area contributed by atoms with Crippen molar-refractivity contribution in [3.8, 4) is 11.5 Å². The highest BCUT2D eigenvalue weighted by atomic mass is 35.5. The molecule has 0 bridgehead atoms. The van der Waals surface area contributed by atoms with Gasteiger partial charge in [-0.15, -0.1) is 12.4 Å². The summed E-state index contributed by atoms with van der Waals surface area (Å²) >= 11 is 6.54. The number of methoxy groups -OCH3 is 1. The maximum absolute atomic E-state index is 6.54. The third-order valence-corrected chi connectivity index (χ3v) is 5.77. The van der Waals surface area contributed by atoms with Gasteiger partial charge in [-0.1, -0.05) is 73.5 Å². The van der Waals surface area contributed by atoms with Gasteiger partial charge in [-0.05, 0) is 43.0 Å². The molecule has 5 heteroatoms. The predicted octanol–water partition coefficient (Wildman–Crippen LogP) is 6.86. The van der Waals surface area contributed by atoms with Crippen molar-refractivity contribution in [2.45, 2.75) is 71.1 Å². The Morgan fingerprint density at radius 2 is 1.62 bits per heavy atom. The number of ether oxygens (including phenoxy) is 2. The highest BCUT2D eigenvalue weighted by molar-refractivity contribution is 6.32. The van der Waals surface area contributed by atoms with Gasteiger partial charge in [0.05, 0.1) is 12.1 Å². The standard InChI is InChI=1S/C24H32ClNO2.ClH/c1-18-10-12-19(13-11-18)17-28-24-22(25)14-20(15-23(24)27-2)16-26-21-8-6-4-3-5-7-9-21;/h10-15,21,26H,3-9,16-17H2,1-2H3;1H. The zero-order chi connectivity index (χ0) is 19.8. The van der Waals surface area contributed by atoms with Crippen LogP contribution >= 0.6 is 24.0 Å². The molecule has 1 aliphatic rings. The first-order chi connectivity index (χ1) is 13.7. The van der Waals surface area contributed by atoms with Crippen LogP contribution in [0.4, 0.5) is 0 Å². The van der Waals surface area contributed by atoms with Crippen LogP contribution in [0.3, 0.4) is 0 Å². The second-order valence-electron chi connectivity index (χ2n) is 7.81. The molecule has 0 atom stereocenters. The lowest BCUT2D eigenvalue weighted by atomic mass is 9.96. The molecular weight excluding hydrogens is 405 g/mol. The van der Waals surface area contributed by atoms with Gasteiger partial charge in [-0.2, -0.15) is 0 Å². The first-order valence-corrected chi connectivity index (χ1v) is 10.8. The maximum Gasteiger partial charge on any atom is 0.180 e. The van der Waals surface area contributed by atoms with E-state index in [1.54, 1.807) is 7.11 Å². The summed E-state index contributed by atoms with van der Waals surface area (Å²) in [5, 5.41) is 4.31. The molecule has 0 amide bonds. The summed E-state index contributed by atoms with van der Waals surface area (Å²) in [5.41, 5.74) is 3.48. The molecule has 0 spiro atoms. The van der Waals surface area contributed by atoms with Gasteiger partial charge < -0.3 is 14.8 Å². The number of halogens is 2. The summed E-state index contributed by atoms with van der Waals surface area (Å²) in [7, 11) is 1.66. The van der Waals surface area contributed by atoms with Crippen LogP contribution in [0.2, 0.25) is 5.02 Å². The topological polar surface area (TPSA) is 30.5 Å². The van der Waals surface area contributed by atoms with E-state index >= 15 is 0 Å². The van der Waals surface area contributed by atoms with Gasteiger partial charge in [-0.3, -0.25) is 0 Å². The van der Waals surface area contributed by atoms with Gasteiger partial charge in [-0.25, -0.2) is 0 Å². The second-order valence-corrected chi connectivity index (χ2v) is 8.21. The minimum atomic E-state index is 0. The average Bonchev–Trinajstić information content (AvgIpc) is 2.67. The Morgan fingerprint density at radius 1 is 0.966 bits per heavy atom. The largest absolute Gasteiger partial charge is 0.493 e. The van der Waals surface area contributed by atoms with Gasteiger partial charge >= 0.3 is 0 Å². The lowest BCUT2D eigenvalue weighted by Gasteiger charge is -2.21. The molecule has 0 aliphatic heterocycles. The van der Waals surface area contributed by atoms with Crippen LogP contribution in [-0.4, -0.2) is 13.2 Å². The van der Waals surface area contributed by atoms with E-state index in [0.717, 1.165) is 17.7 Å². The van der Waals surface area contributed by atoms with Crippen LogP contribution in [0.5, 0.6) is 11.5 Å². The molecule has 0 saturated heterocycles. The normalized spacial score (nSPS) is 15.1. The molecule has 3 nitrogen and oxygen atoms in total. The molecule has 0 radical (unpaired) electrons. The predicted molar refractivity (Wildman–Crippen MR) is 124 cm³/mol. The molecule has 29 heavy (non-hydrogen) atoms. The Bertz CT molecular complexity index is 741. The van der Waals surface area contributed by atoms with Crippen LogP contribution in [0.15, 0.2) is 36.4 Å². The van der Waals surface area contributed by atoms with Crippen molar-refractivity contribution in [1.29, 1.82) is 0 Å². The van der Waals surface area contributed by atoms with Crippen molar-refractivity contribution in [2.24, 2.45) is 0 Å². The molecule has 160 valence electrons. The number of nitrogens with one attached hydrogen (secondary N) is 1. The van der Waals surface area contributed by atoms with E-state index in [0.29, 0.717) is 29.2 Å². The zero-order valence-corrected chi connectivity index (χ0v) is 19.1. The Labute approximate surface area is 186 Å². The molecule has 2 aromatic carbocycles. The smallest absolute Gasteiger partial charge is 0.180 e. The SMILES string of the molecule is COc1cc(CNC2CCCCCCC2)cc(Cl)c1OCc1ccc(C)cc1.Cl. The molecule has 0 aromatic heterocycles. The third kappa shape index (κ3) is 7.40. The summed E-state index contributed by atoms with van der Waals surface area (Å²) in [5.74, 6) is 1.30. The van der Waals surface area contributed by atoms with E-state index in [2.05, 4.69) is 36.5 Å². The average molecular weight is 438 g/mol. The summed E-state index contributed by atoms with van der Waals surface area (Å²) < 4.78 is 11.6. The first-order valence-electron chi connectivity index (χ1n) is 10.4. The number of aryl methyl sites for hydroxylation is 1. The number of hydrogen-bond acceptors (Lipinski definition) is 3. The summed E-state index contributed by atoms with van der Waals surface area (Å²) in [6, 6.07) is 12.9. The molecule has 1 fully saturated rings. The van der Waals surface area contributed by atoms with Crippen molar-refractivity contribution in [3.05, 3.63) is 58.1 Å². The highest BCUT2D eigenvalue weighted by Gasteiger charge is 2.15. The molecule has 0 heterocycles. The zero-order valence-electron chi connectivity index (χ0n) is 17.5. The first kappa shape index (κ1) is 23.9. The summed E-state index contributed by atoms with van der Waals surface area (Å²) in [6.07, 6.45) is 9.31. The lowest BCUT2D eigenvalue weighted by molar-refractivity contribution is 0.284. The van der Waals surface area contributed by atoms with Crippen LogP contribution < -0.4 is 14.8 Å². The van der Waals surface area contributed by atoms with Gasteiger partial charge in [0.25, 0.3) is 0 Å². The fourth-order valence-electron chi connectivity index (χ4n) is 3.78. The van der Waals surface area contributed by atoms with Crippen LogP contribution in [0.1, 0.15) is 61.6 Å². The van der Waals surface area contributed by atoms with Gasteiger partial charge in [0, 0.05) is 12.6 Å². The van der Waals surface area contributed by atoms with Crippen LogP contribution in [0, 0.1) is 6.92 Å². The highest BCUT2D eigenvalue weighted by Crippen LogP contribution is 2.37. The van der Waals surface area contributed by atoms with E-state index in [-0.39, 0.29) is 12.4 Å². The van der Waals surface area contributed by atoms with E-state index in [1.165, 1.54) is 50.5 Å². The van der Waals surface area contributed by atoms with Crippen LogP contribution in [-0.2, 0) is 13.2 Å². The van der Waals surface area contributed by atoms with Gasteiger partial charge in [0.1, 0.15) is 6.61 Å². The molecule has 3 rings (SSSR count). The third-order valence-electron chi connectivity index (χ3n) is 5.49. The van der Waals surface area contributed by atoms with Crippen LogP contribution in [0.25, 0.3) is 0 Å². The number of hydrogen-bond donors (Lipinski definition) is 1. The van der Waals surface area contributed by atoms with E-state index in [1.807, 2.05) is 12.1 Å². The summed E-state index contributed by atoms with van der Waals surface area (Å²) in [6.45, 7) is 3.35. The van der Waals surface area contributed by atoms with Crippen molar-refractivity contribution < 1.29 is 9.47 Å². The Balaban J connectivity index is 0.00000300. The quantitative estimate of drug-likeness (QED) is 0.512. The molecule has 2 aromatic rings. The van der Waals surface area contributed by atoms with Gasteiger partial charge in [0.15, 0.2) is 11.5 Å².